The number of carbonyl (C=O) groups excluding carboxylic acids is 3. The van der Waals surface area contributed by atoms with Crippen LogP contribution in [0.4, 0.5) is 16.2 Å². The first-order valence-corrected chi connectivity index (χ1v) is 14.1. The first-order valence-electron chi connectivity index (χ1n) is 14.1. The van der Waals surface area contributed by atoms with E-state index in [-0.39, 0.29) is 24.4 Å². The number of hydrogen-bond donors (Lipinski definition) is 3. The summed E-state index contributed by atoms with van der Waals surface area (Å²) in [7, 11) is 0. The molecule has 3 amide bonds. The second-order valence-electron chi connectivity index (χ2n) is 11.1. The van der Waals surface area contributed by atoms with Gasteiger partial charge in [0.15, 0.2) is 0 Å². The predicted octanol–water partition coefficient (Wildman–Crippen LogP) is 7.14. The summed E-state index contributed by atoms with van der Waals surface area (Å²) in [5.74, 6) is -2.03. The maximum atomic E-state index is 14.1. The molecule has 44 heavy (non-hydrogen) atoms. The average molecular weight is 594 g/mol. The van der Waals surface area contributed by atoms with Crippen LogP contribution < -0.4 is 10.6 Å². The van der Waals surface area contributed by atoms with Crippen LogP contribution in [0.2, 0.25) is 0 Å². The third-order valence-corrected chi connectivity index (χ3v) is 6.62. The van der Waals surface area contributed by atoms with Crippen LogP contribution >= 0.6 is 0 Å². The fourth-order valence-corrected chi connectivity index (χ4v) is 4.71. The molecule has 0 heterocycles. The number of hydrogen-bond acceptors (Lipinski definition) is 5. The second-order valence-corrected chi connectivity index (χ2v) is 11.1. The number of anilines is 2. The van der Waals surface area contributed by atoms with Gasteiger partial charge in [-0.25, -0.2) is 9.59 Å². The molecule has 1 atom stereocenters. The van der Waals surface area contributed by atoms with Crippen molar-refractivity contribution in [2.75, 3.05) is 10.6 Å². The zero-order chi connectivity index (χ0) is 31.7. The van der Waals surface area contributed by atoms with Gasteiger partial charge in [-0.05, 0) is 62.2 Å². The number of rotatable bonds is 10. The zero-order valence-electron chi connectivity index (χ0n) is 24.8. The van der Waals surface area contributed by atoms with Gasteiger partial charge in [0.25, 0.3) is 5.91 Å². The van der Waals surface area contributed by atoms with Gasteiger partial charge in [0.2, 0.25) is 5.91 Å². The van der Waals surface area contributed by atoms with Gasteiger partial charge in [-0.1, -0.05) is 78.9 Å². The van der Waals surface area contributed by atoms with Gasteiger partial charge < -0.3 is 20.1 Å². The van der Waals surface area contributed by atoms with E-state index in [1.165, 1.54) is 11.0 Å². The Morgan fingerprint density at radius 2 is 1.30 bits per heavy atom. The molecule has 0 aromatic heterocycles. The number of nitrogens with zero attached hydrogens (tertiary/aromatic N) is 1. The van der Waals surface area contributed by atoms with E-state index < -0.39 is 29.6 Å². The standard InChI is InChI=1S/C35H35N3O6/c1-35(2,3)44-34(43)37-29-21-13-12-20-28(29)36-31(39)22-30(26-18-10-11-19-27(26)33(41)42)38(23-24-14-6-4-7-15-24)32(40)25-16-8-5-9-17-25/h4-21,30H,22-23H2,1-3H3,(H,36,39)(H,37,43)(H,41,42). The molecule has 0 radical (unpaired) electrons. The molecule has 0 aliphatic rings. The highest BCUT2D eigenvalue weighted by Gasteiger charge is 2.31. The van der Waals surface area contributed by atoms with Crippen LogP contribution in [0.25, 0.3) is 0 Å². The average Bonchev–Trinajstić information content (AvgIpc) is 2.99. The molecule has 0 spiro atoms. The van der Waals surface area contributed by atoms with E-state index in [2.05, 4.69) is 10.6 Å². The third-order valence-electron chi connectivity index (χ3n) is 6.62. The number of aromatic carboxylic acids is 1. The highest BCUT2D eigenvalue weighted by atomic mass is 16.6. The molecule has 9 heteroatoms. The van der Waals surface area contributed by atoms with Gasteiger partial charge in [-0.2, -0.15) is 0 Å². The summed E-state index contributed by atoms with van der Waals surface area (Å²) in [5.41, 5.74) is 1.42. The van der Waals surface area contributed by atoms with E-state index in [1.54, 1.807) is 93.6 Å². The van der Waals surface area contributed by atoms with Gasteiger partial charge in [-0.3, -0.25) is 14.9 Å². The monoisotopic (exact) mass is 593 g/mol. The second kappa shape index (κ2) is 14.2. The lowest BCUT2D eigenvalue weighted by Crippen LogP contribution is -2.37. The maximum absolute atomic E-state index is 14.1. The molecule has 0 saturated heterocycles. The lowest BCUT2D eigenvalue weighted by atomic mass is 9.94. The molecule has 0 bridgehead atoms. The number of carbonyl (C=O) groups is 4. The Morgan fingerprint density at radius 1 is 0.750 bits per heavy atom. The SMILES string of the molecule is CC(C)(C)OC(=O)Nc1ccccc1NC(=O)CC(c1ccccc1C(=O)O)N(Cc1ccccc1)C(=O)c1ccccc1. The van der Waals surface area contributed by atoms with E-state index in [1.807, 2.05) is 30.3 Å². The first-order chi connectivity index (χ1) is 21.0. The van der Waals surface area contributed by atoms with Gasteiger partial charge in [0, 0.05) is 12.1 Å². The molecule has 4 rings (SSSR count). The minimum atomic E-state index is -1.18. The topological polar surface area (TPSA) is 125 Å². The van der Waals surface area contributed by atoms with E-state index >= 15 is 0 Å². The van der Waals surface area contributed by atoms with Crippen LogP contribution in [-0.2, 0) is 16.1 Å². The highest BCUT2D eigenvalue weighted by Crippen LogP contribution is 2.32. The summed E-state index contributed by atoms with van der Waals surface area (Å²) in [6.45, 7) is 5.35. The van der Waals surface area contributed by atoms with Crippen LogP contribution in [0.5, 0.6) is 0 Å². The van der Waals surface area contributed by atoms with Crippen molar-refractivity contribution in [1.29, 1.82) is 0 Å². The first kappa shape index (κ1) is 31.5. The molecular formula is C35H35N3O6. The Morgan fingerprint density at radius 3 is 1.91 bits per heavy atom. The van der Waals surface area contributed by atoms with Crippen molar-refractivity contribution in [3.63, 3.8) is 0 Å². The third kappa shape index (κ3) is 8.54. The minimum Gasteiger partial charge on any atom is -0.478 e. The Labute approximate surface area is 256 Å². The van der Waals surface area contributed by atoms with Crippen LogP contribution in [0, 0.1) is 0 Å². The van der Waals surface area contributed by atoms with E-state index in [4.69, 9.17) is 4.74 Å². The van der Waals surface area contributed by atoms with Gasteiger partial charge in [-0.15, -0.1) is 0 Å². The number of para-hydroxylation sites is 2. The minimum absolute atomic E-state index is 0.0174. The maximum Gasteiger partial charge on any atom is 0.412 e. The van der Waals surface area contributed by atoms with Crippen molar-refractivity contribution in [1.82, 2.24) is 4.90 Å². The highest BCUT2D eigenvalue weighted by molar-refractivity contribution is 5.99. The predicted molar refractivity (Wildman–Crippen MR) is 168 cm³/mol. The fraction of sp³-hybridized carbons (Fsp3) is 0.200. The molecule has 226 valence electrons. The van der Waals surface area contributed by atoms with Crippen LogP contribution in [0.3, 0.4) is 0 Å². The smallest absolute Gasteiger partial charge is 0.412 e. The van der Waals surface area contributed by atoms with E-state index in [0.717, 1.165) is 5.56 Å². The molecule has 0 aliphatic heterocycles. The van der Waals surface area contributed by atoms with Crippen molar-refractivity contribution in [2.24, 2.45) is 0 Å². The summed E-state index contributed by atoms with van der Waals surface area (Å²) >= 11 is 0. The van der Waals surface area contributed by atoms with Crippen LogP contribution in [-0.4, -0.2) is 39.5 Å². The van der Waals surface area contributed by atoms with Gasteiger partial charge in [0.1, 0.15) is 5.60 Å². The molecular weight excluding hydrogens is 558 g/mol. The molecule has 0 fully saturated rings. The van der Waals surface area contributed by atoms with Crippen molar-refractivity contribution >= 4 is 35.3 Å². The summed E-state index contributed by atoms with van der Waals surface area (Å²) in [4.78, 5) is 54.1. The molecule has 4 aromatic rings. The summed E-state index contributed by atoms with van der Waals surface area (Å²) in [6, 6.07) is 30.0. The van der Waals surface area contributed by atoms with Gasteiger partial charge in [0.05, 0.1) is 29.4 Å². The molecule has 0 aliphatic carbocycles. The number of ether oxygens (including phenoxy) is 1. The summed E-state index contributed by atoms with van der Waals surface area (Å²) < 4.78 is 5.35. The van der Waals surface area contributed by atoms with Crippen molar-refractivity contribution in [3.05, 3.63) is 131 Å². The number of carboxylic acids is 1. The molecule has 4 aromatic carbocycles. The van der Waals surface area contributed by atoms with Crippen molar-refractivity contribution in [2.45, 2.75) is 45.4 Å². The Bertz CT molecular complexity index is 1620. The zero-order valence-corrected chi connectivity index (χ0v) is 24.8. The Balaban J connectivity index is 1.72. The normalized spacial score (nSPS) is 11.6. The molecule has 1 unspecified atom stereocenters. The summed E-state index contributed by atoms with van der Waals surface area (Å²) in [6.07, 6.45) is -0.953. The molecule has 3 N–H and O–H groups in total. The molecule has 9 nitrogen and oxygen atoms in total. The number of carboxylic acid groups (broad SMARTS) is 1. The fourth-order valence-electron chi connectivity index (χ4n) is 4.71. The Hall–Kier alpha value is -5.44. The lowest BCUT2D eigenvalue weighted by Gasteiger charge is -2.33. The number of benzene rings is 4. The van der Waals surface area contributed by atoms with Crippen LogP contribution in [0.15, 0.2) is 109 Å². The Kier molecular flexibility index (Phi) is 10.1. The van der Waals surface area contributed by atoms with E-state index in [9.17, 15) is 24.3 Å². The van der Waals surface area contributed by atoms with Crippen molar-refractivity contribution < 1.29 is 29.0 Å². The quantitative estimate of drug-likeness (QED) is 0.179. The van der Waals surface area contributed by atoms with Crippen molar-refractivity contribution in [3.8, 4) is 0 Å². The van der Waals surface area contributed by atoms with E-state index in [0.29, 0.717) is 22.5 Å². The lowest BCUT2D eigenvalue weighted by molar-refractivity contribution is -0.117. The van der Waals surface area contributed by atoms with Crippen LogP contribution in [0.1, 0.15) is 65.1 Å². The summed E-state index contributed by atoms with van der Waals surface area (Å²) in [5, 5.41) is 15.5. The largest absolute Gasteiger partial charge is 0.478 e. The molecule has 0 saturated carbocycles. The van der Waals surface area contributed by atoms with Gasteiger partial charge >= 0.3 is 12.1 Å². The number of nitrogens with one attached hydrogen (secondary N) is 2. The number of amides is 3.